The number of unbranched alkanes of at least 4 members (excludes halogenated alkanes) is 1. The van der Waals surface area contributed by atoms with Gasteiger partial charge in [0.1, 0.15) is 11.4 Å². The number of fused-ring (bicyclic) bond motifs is 4. The van der Waals surface area contributed by atoms with Crippen LogP contribution in [0.3, 0.4) is 0 Å². The van der Waals surface area contributed by atoms with Crippen molar-refractivity contribution in [3.8, 4) is 29.2 Å². The Labute approximate surface area is 219 Å². The Morgan fingerprint density at radius 1 is 1.13 bits per heavy atom. The van der Waals surface area contributed by atoms with Crippen LogP contribution in [0, 0.1) is 12.3 Å². The SMILES string of the molecule is C#Cc1ccc2c(c1)[nH]c1c2c(=O)c2cc(CCCC)c(-c3cccc(OS(=O)(=O)F)c3)cc2n1C1CC1. The third-order valence-electron chi connectivity index (χ3n) is 7.19. The quantitative estimate of drug-likeness (QED) is 0.192. The minimum atomic E-state index is -5.15. The minimum Gasteiger partial charge on any atom is -0.358 e. The molecule has 2 aromatic heterocycles. The Balaban J connectivity index is 1.67. The topological polar surface area (TPSA) is 81.2 Å². The minimum absolute atomic E-state index is 0.0449. The zero-order valence-electron chi connectivity index (χ0n) is 20.8. The number of aromatic amines is 1. The summed E-state index contributed by atoms with van der Waals surface area (Å²) in [5, 5.41) is 2.14. The van der Waals surface area contributed by atoms with Crippen LogP contribution in [0.5, 0.6) is 5.75 Å². The summed E-state index contributed by atoms with van der Waals surface area (Å²) in [7, 11) is -5.15. The summed E-state index contributed by atoms with van der Waals surface area (Å²) < 4.78 is 42.1. The molecule has 0 spiro atoms. The summed E-state index contributed by atoms with van der Waals surface area (Å²) in [6.45, 7) is 2.10. The van der Waals surface area contributed by atoms with E-state index in [-0.39, 0.29) is 17.2 Å². The molecule has 0 amide bonds. The van der Waals surface area contributed by atoms with Gasteiger partial charge in [0.2, 0.25) is 0 Å². The molecule has 6 nitrogen and oxygen atoms in total. The van der Waals surface area contributed by atoms with Gasteiger partial charge >= 0.3 is 10.5 Å². The number of nitrogens with one attached hydrogen (secondary N) is 1. The van der Waals surface area contributed by atoms with Crippen LogP contribution >= 0.6 is 0 Å². The third-order valence-corrected chi connectivity index (χ3v) is 7.58. The lowest BCUT2D eigenvalue weighted by atomic mass is 9.93. The van der Waals surface area contributed by atoms with Crippen molar-refractivity contribution in [1.29, 1.82) is 0 Å². The number of pyridine rings is 1. The lowest BCUT2D eigenvalue weighted by Gasteiger charge is -2.17. The van der Waals surface area contributed by atoms with Crippen molar-refractivity contribution >= 4 is 43.3 Å². The van der Waals surface area contributed by atoms with E-state index in [1.54, 1.807) is 6.07 Å². The molecule has 2 heterocycles. The van der Waals surface area contributed by atoms with Crippen LogP contribution in [0.2, 0.25) is 0 Å². The van der Waals surface area contributed by atoms with Gasteiger partial charge in [-0.05, 0) is 78.8 Å². The molecular formula is C30H25FN2O4S. The summed E-state index contributed by atoms with van der Waals surface area (Å²) in [4.78, 5) is 17.5. The molecule has 0 aliphatic heterocycles. The van der Waals surface area contributed by atoms with Gasteiger partial charge in [0.05, 0.1) is 10.9 Å². The molecule has 1 aliphatic carbocycles. The second-order valence-corrected chi connectivity index (χ2v) is 10.8. The fourth-order valence-electron chi connectivity index (χ4n) is 5.34. The average molecular weight is 529 g/mol. The van der Waals surface area contributed by atoms with Gasteiger partial charge < -0.3 is 13.7 Å². The van der Waals surface area contributed by atoms with Crippen molar-refractivity contribution in [3.63, 3.8) is 0 Å². The molecule has 0 radical (unpaired) electrons. The number of terminal acetylenes is 1. The van der Waals surface area contributed by atoms with Crippen LogP contribution in [0.4, 0.5) is 3.89 Å². The van der Waals surface area contributed by atoms with Gasteiger partial charge in [0.15, 0.2) is 5.43 Å². The molecule has 3 aromatic carbocycles. The van der Waals surface area contributed by atoms with Gasteiger partial charge in [0, 0.05) is 27.9 Å². The highest BCUT2D eigenvalue weighted by Crippen LogP contribution is 2.42. The van der Waals surface area contributed by atoms with E-state index >= 15 is 0 Å². The Morgan fingerprint density at radius 3 is 2.66 bits per heavy atom. The van der Waals surface area contributed by atoms with Crippen LogP contribution in [-0.2, 0) is 16.9 Å². The van der Waals surface area contributed by atoms with E-state index in [0.717, 1.165) is 70.9 Å². The lowest BCUT2D eigenvalue weighted by molar-refractivity contribution is 0.440. The fraction of sp³-hybridized carbons (Fsp3) is 0.233. The maximum Gasteiger partial charge on any atom is 0.488 e. The molecule has 1 saturated carbocycles. The van der Waals surface area contributed by atoms with Gasteiger partial charge in [-0.2, -0.15) is 8.42 Å². The summed E-state index contributed by atoms with van der Waals surface area (Å²) in [5.41, 5.74) is 5.58. The van der Waals surface area contributed by atoms with Crippen LogP contribution < -0.4 is 9.61 Å². The summed E-state index contributed by atoms with van der Waals surface area (Å²) in [6.07, 6.45) is 10.2. The molecule has 0 atom stereocenters. The Bertz CT molecular complexity index is 1960. The maximum absolute atomic E-state index is 14.0. The summed E-state index contributed by atoms with van der Waals surface area (Å²) in [6, 6.07) is 16.2. The molecule has 1 N–H and O–H groups in total. The van der Waals surface area contributed by atoms with E-state index in [1.807, 2.05) is 36.4 Å². The first kappa shape index (κ1) is 24.3. The predicted octanol–water partition coefficient (Wildman–Crippen LogP) is 6.55. The molecule has 38 heavy (non-hydrogen) atoms. The van der Waals surface area contributed by atoms with E-state index in [0.29, 0.717) is 16.3 Å². The highest BCUT2D eigenvalue weighted by atomic mass is 32.3. The average Bonchev–Trinajstić information content (AvgIpc) is 3.65. The van der Waals surface area contributed by atoms with E-state index in [2.05, 4.69) is 26.6 Å². The van der Waals surface area contributed by atoms with Crippen molar-refractivity contribution in [2.75, 3.05) is 0 Å². The Kier molecular flexibility index (Phi) is 5.77. The van der Waals surface area contributed by atoms with Gasteiger partial charge in [-0.25, -0.2) is 0 Å². The number of H-pyrrole nitrogens is 1. The number of aromatic nitrogens is 2. The number of aryl methyl sites for hydroxylation is 1. The van der Waals surface area contributed by atoms with Crippen LogP contribution in [0.15, 0.2) is 59.4 Å². The Hall–Kier alpha value is -4.09. The summed E-state index contributed by atoms with van der Waals surface area (Å²) in [5.74, 6) is 2.55. The highest BCUT2D eigenvalue weighted by Gasteiger charge is 2.29. The number of hydrogen-bond acceptors (Lipinski definition) is 4. The van der Waals surface area contributed by atoms with E-state index in [9.17, 15) is 17.1 Å². The standard InChI is InChI=1S/C30H25FN2O4S/c1-3-5-7-20-16-25-27(17-24(20)19-8-6-9-22(15-19)37-38(31,35)36)33(21-11-12-21)30-28(29(25)34)23-13-10-18(4-2)14-26(23)32-30/h2,6,8-10,13-17,21,32H,3,5,7,11-12H2,1H3. The molecule has 6 rings (SSSR count). The molecule has 0 bridgehead atoms. The number of benzene rings is 3. The van der Waals surface area contributed by atoms with E-state index in [1.165, 1.54) is 12.1 Å². The number of hydrogen-bond donors (Lipinski definition) is 1. The van der Waals surface area contributed by atoms with Crippen LogP contribution in [0.1, 0.15) is 49.8 Å². The highest BCUT2D eigenvalue weighted by molar-refractivity contribution is 7.81. The maximum atomic E-state index is 14.0. The molecule has 8 heteroatoms. The molecule has 1 fully saturated rings. The van der Waals surface area contributed by atoms with Gasteiger partial charge in [-0.1, -0.05) is 41.3 Å². The predicted molar refractivity (Wildman–Crippen MR) is 148 cm³/mol. The largest absolute Gasteiger partial charge is 0.488 e. The first-order chi connectivity index (χ1) is 18.3. The molecule has 5 aromatic rings. The molecule has 0 saturated heterocycles. The van der Waals surface area contributed by atoms with Crippen molar-refractivity contribution in [1.82, 2.24) is 9.55 Å². The number of nitrogens with zero attached hydrogens (tertiary/aromatic N) is 1. The first-order valence-electron chi connectivity index (χ1n) is 12.6. The third kappa shape index (κ3) is 4.23. The van der Waals surface area contributed by atoms with Gasteiger partial charge in [0.25, 0.3) is 0 Å². The van der Waals surface area contributed by atoms with E-state index in [4.69, 9.17) is 6.42 Å². The van der Waals surface area contributed by atoms with Crippen molar-refractivity contribution in [2.24, 2.45) is 0 Å². The normalized spacial score (nSPS) is 13.8. The van der Waals surface area contributed by atoms with Gasteiger partial charge in [-0.15, -0.1) is 6.42 Å². The zero-order valence-corrected chi connectivity index (χ0v) is 21.6. The van der Waals surface area contributed by atoms with Crippen LogP contribution in [0.25, 0.3) is 44.0 Å². The fourth-order valence-corrected chi connectivity index (χ4v) is 5.67. The summed E-state index contributed by atoms with van der Waals surface area (Å²) >= 11 is 0. The Morgan fingerprint density at radius 2 is 1.95 bits per heavy atom. The molecule has 192 valence electrons. The number of halogens is 1. The van der Waals surface area contributed by atoms with Crippen molar-refractivity contribution < 1.29 is 16.5 Å². The van der Waals surface area contributed by atoms with Crippen molar-refractivity contribution in [3.05, 3.63) is 75.9 Å². The van der Waals surface area contributed by atoms with Crippen molar-refractivity contribution in [2.45, 2.75) is 45.1 Å². The first-order valence-corrected chi connectivity index (χ1v) is 14.0. The lowest BCUT2D eigenvalue weighted by Crippen LogP contribution is -2.11. The molecule has 1 aliphatic rings. The zero-order chi connectivity index (χ0) is 26.6. The smallest absolute Gasteiger partial charge is 0.358 e. The van der Waals surface area contributed by atoms with Crippen LogP contribution in [-0.4, -0.2) is 18.0 Å². The molecular weight excluding hydrogens is 503 g/mol. The second kappa shape index (κ2) is 9.03. The van der Waals surface area contributed by atoms with E-state index < -0.39 is 10.5 Å². The molecule has 0 unspecified atom stereocenters. The van der Waals surface area contributed by atoms with Gasteiger partial charge in [-0.3, -0.25) is 4.79 Å². The monoisotopic (exact) mass is 528 g/mol. The number of rotatable bonds is 7. The second-order valence-electron chi connectivity index (χ2n) is 9.82.